The molecule has 0 aromatic heterocycles. The Labute approximate surface area is 243 Å². The second-order valence-corrected chi connectivity index (χ2v) is 10.4. The molecule has 0 aliphatic heterocycles. The summed E-state index contributed by atoms with van der Waals surface area (Å²) in [6, 6.07) is 53.2. The summed E-state index contributed by atoms with van der Waals surface area (Å²) in [6.45, 7) is 0. The first-order valence-electron chi connectivity index (χ1n) is 13.2. The predicted molar refractivity (Wildman–Crippen MR) is 170 cm³/mol. The van der Waals surface area contributed by atoms with Gasteiger partial charge in [-0.3, -0.25) is 4.79 Å². The highest BCUT2D eigenvalue weighted by Crippen LogP contribution is 2.37. The predicted octanol–water partition coefficient (Wildman–Crippen LogP) is 10.5. The number of nitrogens with zero attached hydrogens (tertiary/aromatic N) is 1. The Morgan fingerprint density at radius 2 is 0.925 bits per heavy atom. The molecule has 0 saturated carbocycles. The molecule has 0 amide bonds. The fraction of sp³-hybridized carbons (Fsp3) is 0. The third-order valence-corrected chi connectivity index (χ3v) is 7.64. The summed E-state index contributed by atoms with van der Waals surface area (Å²) in [5.74, 6) is -0.0203. The Bertz CT molecular complexity index is 1660. The first-order chi connectivity index (χ1) is 19.7. The molecule has 0 fully saturated rings. The SMILES string of the molecule is O=C(c1cccc(N(c2ccc(-c3ccccc3)cc2)c2ccc(-c3ccccc3)cc2)c1)c1ccccc1Br. The summed E-state index contributed by atoms with van der Waals surface area (Å²) in [6.07, 6.45) is 0. The van der Waals surface area contributed by atoms with Gasteiger partial charge in [-0.1, -0.05) is 125 Å². The number of carbonyl (C=O) groups excluding carboxylic acids is 1. The molecule has 6 aromatic carbocycles. The fourth-order valence-corrected chi connectivity index (χ4v) is 5.37. The van der Waals surface area contributed by atoms with Crippen LogP contribution in [0.4, 0.5) is 17.1 Å². The van der Waals surface area contributed by atoms with E-state index < -0.39 is 0 Å². The number of anilines is 3. The van der Waals surface area contributed by atoms with Crippen LogP contribution in [-0.2, 0) is 0 Å². The molecule has 0 unspecified atom stereocenters. The lowest BCUT2D eigenvalue weighted by Crippen LogP contribution is -2.11. The molecular formula is C37H26BrNO. The van der Waals surface area contributed by atoms with Crippen molar-refractivity contribution in [1.82, 2.24) is 0 Å². The van der Waals surface area contributed by atoms with E-state index in [0.717, 1.165) is 32.7 Å². The Kier molecular flexibility index (Phi) is 7.39. The van der Waals surface area contributed by atoms with Gasteiger partial charge in [0.2, 0.25) is 0 Å². The van der Waals surface area contributed by atoms with Crippen LogP contribution in [0.2, 0.25) is 0 Å². The van der Waals surface area contributed by atoms with Crippen molar-refractivity contribution in [3.63, 3.8) is 0 Å². The third kappa shape index (κ3) is 5.38. The summed E-state index contributed by atoms with van der Waals surface area (Å²) in [5.41, 5.74) is 8.88. The number of benzene rings is 6. The van der Waals surface area contributed by atoms with Gasteiger partial charge in [-0.05, 0) is 70.8 Å². The molecule has 0 N–H and O–H groups in total. The van der Waals surface area contributed by atoms with Crippen LogP contribution in [0.25, 0.3) is 22.3 Å². The topological polar surface area (TPSA) is 20.3 Å². The quantitative estimate of drug-likeness (QED) is 0.175. The molecule has 2 nitrogen and oxygen atoms in total. The van der Waals surface area contributed by atoms with Crippen LogP contribution in [0.15, 0.2) is 162 Å². The number of rotatable bonds is 7. The highest BCUT2D eigenvalue weighted by atomic mass is 79.9. The Morgan fingerprint density at radius 1 is 0.450 bits per heavy atom. The van der Waals surface area contributed by atoms with Crippen molar-refractivity contribution in [2.75, 3.05) is 4.90 Å². The van der Waals surface area contributed by atoms with Crippen LogP contribution in [0.3, 0.4) is 0 Å². The normalized spacial score (nSPS) is 10.7. The number of ketones is 1. The summed E-state index contributed by atoms with van der Waals surface area (Å²) in [7, 11) is 0. The fourth-order valence-electron chi connectivity index (χ4n) is 4.90. The van der Waals surface area contributed by atoms with Gasteiger partial charge in [0.1, 0.15) is 0 Å². The van der Waals surface area contributed by atoms with Gasteiger partial charge in [-0.25, -0.2) is 0 Å². The van der Waals surface area contributed by atoms with E-state index >= 15 is 0 Å². The average Bonchev–Trinajstić information content (AvgIpc) is 3.03. The van der Waals surface area contributed by atoms with Crippen molar-refractivity contribution in [2.24, 2.45) is 0 Å². The monoisotopic (exact) mass is 579 g/mol. The minimum absolute atomic E-state index is 0.0203. The molecular weight excluding hydrogens is 554 g/mol. The zero-order valence-electron chi connectivity index (χ0n) is 21.7. The molecule has 0 saturated heterocycles. The van der Waals surface area contributed by atoms with Gasteiger partial charge < -0.3 is 4.90 Å². The summed E-state index contributed by atoms with van der Waals surface area (Å²) in [4.78, 5) is 15.7. The van der Waals surface area contributed by atoms with E-state index in [-0.39, 0.29) is 5.78 Å². The van der Waals surface area contributed by atoms with Crippen LogP contribution in [0, 0.1) is 0 Å². The first-order valence-corrected chi connectivity index (χ1v) is 14.0. The van der Waals surface area contributed by atoms with Crippen molar-refractivity contribution < 1.29 is 4.79 Å². The molecule has 0 spiro atoms. The molecule has 6 rings (SSSR count). The molecule has 3 heteroatoms. The number of carbonyl (C=O) groups is 1. The smallest absolute Gasteiger partial charge is 0.194 e. The molecule has 40 heavy (non-hydrogen) atoms. The first kappa shape index (κ1) is 25.5. The minimum Gasteiger partial charge on any atom is -0.310 e. The Morgan fingerprint density at radius 3 is 1.45 bits per heavy atom. The number of halogens is 1. The third-order valence-electron chi connectivity index (χ3n) is 6.95. The lowest BCUT2D eigenvalue weighted by Gasteiger charge is -2.26. The Hall–Kier alpha value is -4.73. The van der Waals surface area contributed by atoms with Gasteiger partial charge in [0.05, 0.1) is 0 Å². The van der Waals surface area contributed by atoms with E-state index in [2.05, 4.69) is 118 Å². The molecule has 0 aliphatic carbocycles. The van der Waals surface area contributed by atoms with Gasteiger partial charge in [0.25, 0.3) is 0 Å². The zero-order chi connectivity index (χ0) is 27.3. The maximum Gasteiger partial charge on any atom is 0.194 e. The van der Waals surface area contributed by atoms with Crippen LogP contribution in [0.1, 0.15) is 15.9 Å². The average molecular weight is 581 g/mol. The largest absolute Gasteiger partial charge is 0.310 e. The van der Waals surface area contributed by atoms with Gasteiger partial charge >= 0.3 is 0 Å². The van der Waals surface area contributed by atoms with Crippen molar-refractivity contribution in [2.45, 2.75) is 0 Å². The molecule has 0 aliphatic rings. The lowest BCUT2D eigenvalue weighted by atomic mass is 10.0. The summed E-state index contributed by atoms with van der Waals surface area (Å²) in [5, 5.41) is 0. The second kappa shape index (κ2) is 11.6. The van der Waals surface area contributed by atoms with Gasteiger partial charge in [0.15, 0.2) is 5.78 Å². The van der Waals surface area contributed by atoms with Gasteiger partial charge in [-0.2, -0.15) is 0 Å². The number of hydrogen-bond acceptors (Lipinski definition) is 2. The van der Waals surface area contributed by atoms with Crippen LogP contribution >= 0.6 is 15.9 Å². The van der Waals surface area contributed by atoms with Crippen LogP contribution in [-0.4, -0.2) is 5.78 Å². The molecule has 192 valence electrons. The zero-order valence-corrected chi connectivity index (χ0v) is 23.3. The van der Waals surface area contributed by atoms with E-state index in [0.29, 0.717) is 11.1 Å². The molecule has 0 atom stereocenters. The summed E-state index contributed by atoms with van der Waals surface area (Å²) >= 11 is 3.54. The van der Waals surface area contributed by atoms with Gasteiger partial charge in [0, 0.05) is 32.7 Å². The van der Waals surface area contributed by atoms with Crippen LogP contribution in [0.5, 0.6) is 0 Å². The van der Waals surface area contributed by atoms with Crippen molar-refractivity contribution in [3.05, 3.63) is 173 Å². The van der Waals surface area contributed by atoms with E-state index in [9.17, 15) is 4.79 Å². The maximum atomic E-state index is 13.5. The van der Waals surface area contributed by atoms with E-state index in [1.165, 1.54) is 11.1 Å². The molecule has 6 aromatic rings. The summed E-state index contributed by atoms with van der Waals surface area (Å²) < 4.78 is 0.787. The molecule has 0 bridgehead atoms. The lowest BCUT2D eigenvalue weighted by molar-refractivity contribution is 0.103. The second-order valence-electron chi connectivity index (χ2n) is 9.52. The van der Waals surface area contributed by atoms with E-state index in [1.54, 1.807) is 0 Å². The van der Waals surface area contributed by atoms with E-state index in [1.807, 2.05) is 60.7 Å². The highest BCUT2D eigenvalue weighted by molar-refractivity contribution is 9.10. The van der Waals surface area contributed by atoms with Crippen molar-refractivity contribution in [1.29, 1.82) is 0 Å². The molecule has 0 heterocycles. The van der Waals surface area contributed by atoms with Gasteiger partial charge in [-0.15, -0.1) is 0 Å². The van der Waals surface area contributed by atoms with Crippen molar-refractivity contribution >= 4 is 38.8 Å². The number of hydrogen-bond donors (Lipinski definition) is 0. The van der Waals surface area contributed by atoms with Crippen molar-refractivity contribution in [3.8, 4) is 22.3 Å². The standard InChI is InChI=1S/C37H26BrNO/c38-36-17-8-7-16-35(36)37(40)31-14-9-15-34(26-31)39(32-22-18-29(19-23-32)27-10-3-1-4-11-27)33-24-20-30(21-25-33)28-12-5-2-6-13-28/h1-26H. The molecule has 0 radical (unpaired) electrons. The van der Waals surface area contributed by atoms with Crippen LogP contribution < -0.4 is 4.90 Å². The minimum atomic E-state index is -0.0203. The van der Waals surface area contributed by atoms with E-state index in [4.69, 9.17) is 0 Å². The maximum absolute atomic E-state index is 13.5. The highest BCUT2D eigenvalue weighted by Gasteiger charge is 2.17. The Balaban J connectivity index is 1.42.